The van der Waals surface area contributed by atoms with Gasteiger partial charge in [-0.1, -0.05) is 32.6 Å². The second kappa shape index (κ2) is 10.0. The van der Waals surface area contributed by atoms with Gasteiger partial charge in [0.25, 0.3) is 0 Å². The second-order valence-corrected chi connectivity index (χ2v) is 5.72. The summed E-state index contributed by atoms with van der Waals surface area (Å²) in [6.45, 7) is 1.68. The van der Waals surface area contributed by atoms with Gasteiger partial charge in [0, 0.05) is 6.20 Å². The van der Waals surface area contributed by atoms with E-state index in [0.717, 1.165) is 25.5 Å². The number of hydroxylamine groups is 2. The van der Waals surface area contributed by atoms with E-state index in [1.54, 1.807) is 0 Å². The van der Waals surface area contributed by atoms with Crippen molar-refractivity contribution in [2.24, 2.45) is 11.8 Å². The number of hydrazine groups is 1. The summed E-state index contributed by atoms with van der Waals surface area (Å²) in [5, 5.41) is 10.1. The minimum Gasteiger partial charge on any atom is -0.286 e. The maximum Gasteiger partial charge on any atom is 0.433 e. The molecule has 1 aromatic heterocycles. The van der Waals surface area contributed by atoms with Crippen LogP contribution in [0.3, 0.4) is 0 Å². The van der Waals surface area contributed by atoms with Gasteiger partial charge in [-0.2, -0.15) is 13.2 Å². The summed E-state index contributed by atoms with van der Waals surface area (Å²) in [5.74, 6) is 3.30. The number of rotatable bonds is 10. The van der Waals surface area contributed by atoms with Crippen molar-refractivity contribution < 1.29 is 28.0 Å². The van der Waals surface area contributed by atoms with E-state index in [1.807, 2.05) is 6.92 Å². The lowest BCUT2D eigenvalue weighted by Gasteiger charge is -2.23. The van der Waals surface area contributed by atoms with Crippen LogP contribution < -0.4 is 10.9 Å². The van der Waals surface area contributed by atoms with Crippen LogP contribution in [0.1, 0.15) is 44.7 Å². The number of hydrogen-bond acceptors (Lipinski definition) is 6. The Bertz CT molecular complexity index is 600. The van der Waals surface area contributed by atoms with Gasteiger partial charge in [-0.15, -0.1) is 0 Å². The number of anilines is 1. The number of aromatic nitrogens is 2. The number of carbonyl (C=O) groups is 2. The van der Waals surface area contributed by atoms with Crippen molar-refractivity contribution in [3.05, 3.63) is 18.0 Å². The number of halogens is 3. The molecular weight excluding hydrogens is 355 g/mol. The average Bonchev–Trinajstić information content (AvgIpc) is 2.62. The topological polar surface area (TPSA) is 113 Å². The Balaban J connectivity index is 2.92. The summed E-state index contributed by atoms with van der Waals surface area (Å²) in [4.78, 5) is 30.0. The molecule has 0 saturated carbocycles. The maximum absolute atomic E-state index is 12.7. The van der Waals surface area contributed by atoms with Gasteiger partial charge in [-0.25, -0.2) is 25.9 Å². The lowest BCUT2D eigenvalue weighted by Crippen LogP contribution is -2.46. The van der Waals surface area contributed by atoms with Crippen LogP contribution >= 0.6 is 0 Å². The molecule has 0 bridgehead atoms. The Kier molecular flexibility index (Phi) is 8.39. The molecule has 26 heavy (non-hydrogen) atoms. The first kappa shape index (κ1) is 21.8. The van der Waals surface area contributed by atoms with Crippen molar-refractivity contribution in [2.45, 2.75) is 45.2 Å². The molecule has 0 radical (unpaired) electrons. The van der Waals surface area contributed by atoms with Gasteiger partial charge in [-0.3, -0.25) is 14.8 Å². The molecule has 2 amide bonds. The first-order valence-electron chi connectivity index (χ1n) is 8.10. The molecule has 0 aliphatic rings. The van der Waals surface area contributed by atoms with Crippen molar-refractivity contribution >= 4 is 18.3 Å². The SMILES string of the molecule is CCCCCC[C@@H](CN(O)C=O)C(=O)N(N)c1nccc(C(F)(F)F)n1. The van der Waals surface area contributed by atoms with Gasteiger partial charge in [0.2, 0.25) is 18.3 Å². The molecule has 146 valence electrons. The Morgan fingerprint density at radius 3 is 2.65 bits per heavy atom. The second-order valence-electron chi connectivity index (χ2n) is 5.72. The van der Waals surface area contributed by atoms with Crippen LogP contribution in [0.4, 0.5) is 19.1 Å². The van der Waals surface area contributed by atoms with Gasteiger partial charge in [0.15, 0.2) is 0 Å². The van der Waals surface area contributed by atoms with E-state index < -0.39 is 29.6 Å². The normalized spacial score (nSPS) is 12.5. The van der Waals surface area contributed by atoms with Crippen molar-refractivity contribution in [1.82, 2.24) is 15.0 Å². The number of alkyl halides is 3. The molecule has 3 N–H and O–H groups in total. The first-order valence-corrected chi connectivity index (χ1v) is 8.10. The van der Waals surface area contributed by atoms with Crippen LogP contribution in [0.25, 0.3) is 0 Å². The third-order valence-electron chi connectivity index (χ3n) is 3.67. The molecule has 1 heterocycles. The van der Waals surface area contributed by atoms with Crippen molar-refractivity contribution in [2.75, 3.05) is 11.6 Å². The van der Waals surface area contributed by atoms with Crippen LogP contribution in [0.2, 0.25) is 0 Å². The molecule has 0 fully saturated rings. The van der Waals surface area contributed by atoms with Crippen LogP contribution in [0.5, 0.6) is 0 Å². The fourth-order valence-electron chi connectivity index (χ4n) is 2.30. The number of hydrogen-bond donors (Lipinski definition) is 2. The molecular formula is C15H22F3N5O3. The van der Waals surface area contributed by atoms with E-state index in [9.17, 15) is 28.0 Å². The highest BCUT2D eigenvalue weighted by Gasteiger charge is 2.34. The maximum atomic E-state index is 12.7. The fourth-order valence-corrected chi connectivity index (χ4v) is 2.30. The summed E-state index contributed by atoms with van der Waals surface area (Å²) >= 11 is 0. The molecule has 1 aromatic rings. The third-order valence-corrected chi connectivity index (χ3v) is 3.67. The molecule has 8 nitrogen and oxygen atoms in total. The van der Waals surface area contributed by atoms with Crippen LogP contribution in [-0.2, 0) is 15.8 Å². The highest BCUT2D eigenvalue weighted by atomic mass is 19.4. The van der Waals surface area contributed by atoms with E-state index in [4.69, 9.17) is 5.84 Å². The van der Waals surface area contributed by atoms with E-state index in [-0.39, 0.29) is 13.0 Å². The number of unbranched alkanes of at least 4 members (excludes halogenated alkanes) is 3. The summed E-state index contributed by atoms with van der Waals surface area (Å²) in [6, 6.07) is 0.659. The van der Waals surface area contributed by atoms with Crippen molar-refractivity contribution in [3.63, 3.8) is 0 Å². The highest BCUT2D eigenvalue weighted by molar-refractivity contribution is 5.92. The summed E-state index contributed by atoms with van der Waals surface area (Å²) in [5.41, 5.74) is -1.23. The lowest BCUT2D eigenvalue weighted by atomic mass is 9.99. The number of nitrogens with zero attached hydrogens (tertiary/aromatic N) is 4. The van der Waals surface area contributed by atoms with E-state index in [1.165, 1.54) is 0 Å². The molecule has 0 spiro atoms. The fraction of sp³-hybridized carbons (Fsp3) is 0.600. The standard InChI is InChI=1S/C15H22F3N5O3/c1-2-3-4-5-6-11(9-22(26)10-24)13(25)23(19)14-20-8-7-12(21-14)15(16,17)18/h7-8,10-11,26H,2-6,9,19H2,1H3/t11-/m0/s1. The first-order chi connectivity index (χ1) is 12.2. The molecule has 0 aliphatic heterocycles. The van der Waals surface area contributed by atoms with Gasteiger partial charge in [0.05, 0.1) is 12.5 Å². The largest absolute Gasteiger partial charge is 0.433 e. The van der Waals surface area contributed by atoms with E-state index >= 15 is 0 Å². The molecule has 0 aliphatic carbocycles. The zero-order chi connectivity index (χ0) is 19.7. The Hall–Kier alpha value is -2.27. The molecule has 0 aromatic carbocycles. The Labute approximate surface area is 148 Å². The van der Waals surface area contributed by atoms with Gasteiger partial charge < -0.3 is 0 Å². The van der Waals surface area contributed by atoms with Crippen molar-refractivity contribution in [3.8, 4) is 0 Å². The number of carbonyl (C=O) groups excluding carboxylic acids is 2. The smallest absolute Gasteiger partial charge is 0.286 e. The molecule has 1 atom stereocenters. The van der Waals surface area contributed by atoms with Crippen LogP contribution in [-0.4, -0.2) is 39.1 Å². The highest BCUT2D eigenvalue weighted by Crippen LogP contribution is 2.28. The number of nitrogens with two attached hydrogens (primary N) is 1. The predicted octanol–water partition coefficient (Wildman–Crippen LogP) is 2.14. The van der Waals surface area contributed by atoms with E-state index in [2.05, 4.69) is 9.97 Å². The Morgan fingerprint density at radius 2 is 2.08 bits per heavy atom. The quantitative estimate of drug-likeness (QED) is 0.161. The Morgan fingerprint density at radius 1 is 1.38 bits per heavy atom. The molecule has 0 unspecified atom stereocenters. The summed E-state index contributed by atoms with van der Waals surface area (Å²) < 4.78 is 38.2. The zero-order valence-corrected chi connectivity index (χ0v) is 14.3. The summed E-state index contributed by atoms with van der Waals surface area (Å²) in [7, 11) is 0. The molecule has 1 rings (SSSR count). The lowest BCUT2D eigenvalue weighted by molar-refractivity contribution is -0.154. The minimum absolute atomic E-state index is 0.133. The monoisotopic (exact) mass is 377 g/mol. The van der Waals surface area contributed by atoms with Gasteiger partial charge >= 0.3 is 6.18 Å². The number of amides is 2. The van der Waals surface area contributed by atoms with Crippen LogP contribution in [0, 0.1) is 5.92 Å². The molecule has 0 saturated heterocycles. The molecule has 11 heteroatoms. The average molecular weight is 377 g/mol. The predicted molar refractivity (Wildman–Crippen MR) is 85.5 cm³/mol. The third kappa shape index (κ3) is 6.56. The van der Waals surface area contributed by atoms with Gasteiger partial charge in [-0.05, 0) is 12.5 Å². The zero-order valence-electron chi connectivity index (χ0n) is 14.3. The van der Waals surface area contributed by atoms with Gasteiger partial charge in [0.1, 0.15) is 5.69 Å². The van der Waals surface area contributed by atoms with Crippen LogP contribution in [0.15, 0.2) is 12.3 Å². The van der Waals surface area contributed by atoms with Crippen molar-refractivity contribution in [1.29, 1.82) is 0 Å². The van der Waals surface area contributed by atoms with E-state index in [0.29, 0.717) is 29.0 Å². The minimum atomic E-state index is -4.71. The summed E-state index contributed by atoms with van der Waals surface area (Å²) in [6.07, 6.45) is -0.0461.